The minimum atomic E-state index is -1.85. The maximum atomic E-state index is 15.2. The third-order valence-corrected chi connectivity index (χ3v) is 20.1. The van der Waals surface area contributed by atoms with Crippen molar-refractivity contribution in [3.63, 3.8) is 0 Å². The van der Waals surface area contributed by atoms with Crippen LogP contribution in [0.2, 0.25) is 0 Å². The van der Waals surface area contributed by atoms with Crippen LogP contribution in [0.25, 0.3) is 6.08 Å². The number of ether oxygens (including phenoxy) is 1. The van der Waals surface area contributed by atoms with Gasteiger partial charge in [-0.05, 0) is 117 Å². The summed E-state index contributed by atoms with van der Waals surface area (Å²) in [6, 6.07) is 0.661. The second-order valence-corrected chi connectivity index (χ2v) is 31.5. The lowest BCUT2D eigenvalue weighted by atomic mass is 9.95. The molecule has 0 aromatic heterocycles. The van der Waals surface area contributed by atoms with Gasteiger partial charge in [0.25, 0.3) is 5.91 Å². The molecule has 2 aromatic carbocycles. The van der Waals surface area contributed by atoms with Crippen molar-refractivity contribution in [3.05, 3.63) is 77.5 Å². The Balaban J connectivity index is 1.68. The van der Waals surface area contributed by atoms with Gasteiger partial charge in [-0.3, -0.25) is 62.3 Å². The second-order valence-electron chi connectivity index (χ2n) is 31.5. The van der Waals surface area contributed by atoms with E-state index in [0.717, 1.165) is 6.42 Å². The molecule has 30 nitrogen and oxygen atoms in total. The summed E-state index contributed by atoms with van der Waals surface area (Å²) < 4.78 is 6.05. The van der Waals surface area contributed by atoms with Gasteiger partial charge in [-0.15, -0.1) is 0 Å². The summed E-state index contributed by atoms with van der Waals surface area (Å²) in [4.78, 5) is 204. The molecule has 2 aromatic rings. The summed E-state index contributed by atoms with van der Waals surface area (Å²) in [5.74, 6) is -15.3. The zero-order valence-corrected chi connectivity index (χ0v) is 67.6. The number of hydrogen-bond donors (Lipinski definition) is 14. The molecule has 0 aliphatic carbocycles. The summed E-state index contributed by atoms with van der Waals surface area (Å²) in [6.07, 6.45) is 1.01. The number of rotatable bonds is 34. The van der Waals surface area contributed by atoms with Crippen LogP contribution in [0.1, 0.15) is 194 Å². The molecule has 2 aliphatic rings. The van der Waals surface area contributed by atoms with Crippen molar-refractivity contribution < 1.29 is 77.0 Å². The average molecular weight is 1540 g/mol. The molecule has 0 saturated carbocycles. The Labute approximate surface area is 648 Å². The van der Waals surface area contributed by atoms with Crippen molar-refractivity contribution in [3.8, 4) is 0 Å². The number of cyclic esters (lactones) is 1. The predicted octanol–water partition coefficient (Wildman–Crippen LogP) is 2.97. The summed E-state index contributed by atoms with van der Waals surface area (Å²) in [5, 5.41) is 43.5. The first kappa shape index (κ1) is 93.1. The van der Waals surface area contributed by atoms with E-state index in [1.807, 2.05) is 13.8 Å². The fraction of sp³-hybridized carbons (Fsp3) is 0.650. The minimum absolute atomic E-state index is 0.0578. The van der Waals surface area contributed by atoms with Crippen LogP contribution in [0.15, 0.2) is 66.4 Å². The molecule has 13 amide bonds. The molecular weight excluding hydrogens is 1410 g/mol. The van der Waals surface area contributed by atoms with Crippen LogP contribution >= 0.6 is 0 Å². The van der Waals surface area contributed by atoms with E-state index >= 15 is 9.59 Å². The van der Waals surface area contributed by atoms with Gasteiger partial charge in [0, 0.05) is 19.4 Å². The molecule has 110 heavy (non-hydrogen) atoms. The number of benzene rings is 2. The first-order valence-corrected chi connectivity index (χ1v) is 39.1. The molecule has 4 rings (SSSR count). The average Bonchev–Trinajstić information content (AvgIpc) is 1.59. The van der Waals surface area contributed by atoms with Gasteiger partial charge in [0.2, 0.25) is 70.9 Å². The molecule has 0 radical (unpaired) electrons. The summed E-state index contributed by atoms with van der Waals surface area (Å²) in [6.45, 7) is 30.3. The van der Waals surface area contributed by atoms with E-state index < -0.39 is 203 Å². The molecule has 16 atom stereocenters. The van der Waals surface area contributed by atoms with E-state index in [-0.39, 0.29) is 63.2 Å². The van der Waals surface area contributed by atoms with Crippen molar-refractivity contribution in [2.75, 3.05) is 13.1 Å². The Kier molecular flexibility index (Phi) is 38.2. The number of amides is 13. The van der Waals surface area contributed by atoms with Crippen molar-refractivity contribution >= 4 is 88.8 Å². The molecule has 2 aliphatic heterocycles. The highest BCUT2D eigenvalue weighted by Crippen LogP contribution is 2.24. The van der Waals surface area contributed by atoms with Gasteiger partial charge >= 0.3 is 5.97 Å². The van der Waals surface area contributed by atoms with Gasteiger partial charge in [0.1, 0.15) is 84.3 Å². The molecule has 0 spiro atoms. The highest BCUT2D eigenvalue weighted by Gasteiger charge is 2.45. The van der Waals surface area contributed by atoms with E-state index in [0.29, 0.717) is 36.3 Å². The van der Waals surface area contributed by atoms with Gasteiger partial charge in [-0.1, -0.05) is 191 Å². The standard InChI is InChI=1S/C80H126N14O16/c1-19-48(15)64(90-68(97)54(35-28-38-81)82-71(100)57-36-29-39-94(57)79(108)62(46(11)12)88-74(103)61(45(9)10)87-77(106)66(50(17)95)92-73(102)59(43(5)6)85-58(96)37-27-30-42(3)4)76(105)93-67-51(18)110-80(109)63(47(13)14)89-70(99)56(41-53-33-25-22-26-34-53)83-69(98)55(40-52-31-23-21-24-32-52)84-72(101)60(44(7)8)86-75(104)65(49(16)20-2)91-78(67)107/h21-26,31-34,41-51,54-55,57,59-67,95H,19-20,27-30,35-40,81H2,1-18H3,(H,82,100)(H,83,98)(H,84,101)(H,85,96)(H,86,104)(H,87,106)(H,88,103)(H,89,99)(H,90,97)(H,91,107)(H,92,102)(H,93,105)/b56-41-/t48-,49-,50-,51+,54+,55+,57-,59-,60-,61+,62-,63+,64-,65-,66+,67-/m1/s1. The highest BCUT2D eigenvalue weighted by molar-refractivity contribution is 6.05. The van der Waals surface area contributed by atoms with E-state index in [1.54, 1.807) is 158 Å². The monoisotopic (exact) mass is 1540 g/mol. The van der Waals surface area contributed by atoms with Crippen molar-refractivity contribution in [1.82, 2.24) is 68.7 Å². The molecule has 15 N–H and O–H groups in total. The van der Waals surface area contributed by atoms with Crippen LogP contribution in [-0.2, 0) is 78.3 Å². The fourth-order valence-corrected chi connectivity index (χ4v) is 12.7. The minimum Gasteiger partial charge on any atom is -0.458 e. The fourth-order valence-electron chi connectivity index (χ4n) is 12.7. The molecular formula is C80H126N14O16. The number of esters is 1. The smallest absolute Gasteiger partial charge is 0.329 e. The number of carbonyl (C=O) groups excluding carboxylic acids is 14. The zero-order chi connectivity index (χ0) is 82.5. The van der Waals surface area contributed by atoms with E-state index in [1.165, 1.54) is 24.8 Å². The number of nitrogens with two attached hydrogens (primary N) is 1. The number of aliphatic hydroxyl groups is 1. The van der Waals surface area contributed by atoms with Gasteiger partial charge in [-0.2, -0.15) is 0 Å². The van der Waals surface area contributed by atoms with Crippen LogP contribution in [0.4, 0.5) is 0 Å². The van der Waals surface area contributed by atoms with Gasteiger partial charge in [-0.25, -0.2) is 4.79 Å². The third kappa shape index (κ3) is 28.2. The van der Waals surface area contributed by atoms with Gasteiger partial charge < -0.3 is 84.3 Å². The number of aliphatic hydroxyl groups excluding tert-OH is 1. The molecule has 0 unspecified atom stereocenters. The van der Waals surface area contributed by atoms with E-state index in [9.17, 15) is 62.6 Å². The summed E-state index contributed by atoms with van der Waals surface area (Å²) in [5.41, 5.74) is 6.78. The first-order chi connectivity index (χ1) is 51.8. The van der Waals surface area contributed by atoms with Crippen LogP contribution in [0, 0.1) is 47.3 Å². The van der Waals surface area contributed by atoms with Gasteiger partial charge in [0.15, 0.2) is 0 Å². The van der Waals surface area contributed by atoms with Crippen LogP contribution < -0.4 is 69.5 Å². The lowest BCUT2D eigenvalue weighted by Gasteiger charge is -2.33. The molecule has 2 saturated heterocycles. The van der Waals surface area contributed by atoms with Crippen LogP contribution in [-0.4, -0.2) is 191 Å². The second kappa shape index (κ2) is 45.1. The van der Waals surface area contributed by atoms with Crippen molar-refractivity contribution in [2.24, 2.45) is 53.1 Å². The maximum absolute atomic E-state index is 15.2. The summed E-state index contributed by atoms with van der Waals surface area (Å²) >= 11 is 0. The molecule has 30 heteroatoms. The number of hydrogen-bond acceptors (Lipinski definition) is 17. The third-order valence-electron chi connectivity index (χ3n) is 20.1. The molecule has 2 fully saturated rings. The highest BCUT2D eigenvalue weighted by atomic mass is 16.5. The van der Waals surface area contributed by atoms with Crippen molar-refractivity contribution in [1.29, 1.82) is 0 Å². The molecule has 0 bridgehead atoms. The van der Waals surface area contributed by atoms with Crippen LogP contribution in [0.5, 0.6) is 0 Å². The maximum Gasteiger partial charge on any atom is 0.329 e. The number of nitrogens with one attached hydrogen (secondary N) is 12. The number of likely N-dealkylation sites (tertiary alicyclic amines) is 1. The first-order valence-electron chi connectivity index (χ1n) is 39.1. The summed E-state index contributed by atoms with van der Waals surface area (Å²) in [7, 11) is 0. The van der Waals surface area contributed by atoms with Crippen molar-refractivity contribution in [2.45, 2.75) is 274 Å². The number of nitrogens with zero attached hydrogens (tertiary/aromatic N) is 1. The largest absolute Gasteiger partial charge is 0.458 e. The Hall–Kier alpha value is -9.32. The van der Waals surface area contributed by atoms with E-state index in [4.69, 9.17) is 10.5 Å². The molecule has 612 valence electrons. The SMILES string of the molecule is CC[C@@H](C)[C@@H](NC(=O)[C@H](CCCN)NC(=O)[C@H]1CCCN1C(=O)[C@H](NC(=O)[C@@H](NC(=O)[C@@H](NC(=O)[C@H](NC(=O)CCCC(C)C)C(C)C)[C@@H](C)O)C(C)C)C(C)C)C(=O)N[C@H]1C(=O)N[C@H]([C@H](C)CC)C(=O)N[C@H](C(C)C)C(=O)N[C@@H](Cc2ccccc2)C(=O)N/C(=C\c2ccccc2)C(=O)N[C@@H](C(C)C)C(=O)O[C@H]1C. The Morgan fingerprint density at radius 1 is 0.582 bits per heavy atom. The van der Waals surface area contributed by atoms with E-state index in [2.05, 4.69) is 63.8 Å². The Morgan fingerprint density at radius 2 is 1.12 bits per heavy atom. The predicted molar refractivity (Wildman–Crippen MR) is 416 cm³/mol. The quantitative estimate of drug-likeness (QED) is 0.0354. The molecule has 2 heterocycles. The lowest BCUT2D eigenvalue weighted by Crippen LogP contribution is -2.64. The topological polar surface area (TPSA) is 442 Å². The lowest BCUT2D eigenvalue weighted by molar-refractivity contribution is -0.157. The normalized spacial score (nSPS) is 22.0. The van der Waals surface area contributed by atoms with Gasteiger partial charge in [0.05, 0.1) is 6.10 Å². The van der Waals surface area contributed by atoms with Crippen LogP contribution in [0.3, 0.4) is 0 Å². The Bertz CT molecular complexity index is 3480. The Morgan fingerprint density at radius 3 is 1.66 bits per heavy atom. The number of carbonyl (C=O) groups is 14. The zero-order valence-electron chi connectivity index (χ0n) is 67.6.